The van der Waals surface area contributed by atoms with E-state index in [1.54, 1.807) is 0 Å². The van der Waals surface area contributed by atoms with Crippen molar-refractivity contribution in [3.63, 3.8) is 0 Å². The van der Waals surface area contributed by atoms with Crippen molar-refractivity contribution in [2.75, 3.05) is 0 Å². The average Bonchev–Trinajstić information content (AvgIpc) is 3.75. The van der Waals surface area contributed by atoms with Gasteiger partial charge in [-0.15, -0.1) is 0 Å². The molecule has 7 aromatic carbocycles. The van der Waals surface area contributed by atoms with Gasteiger partial charge in [-0.2, -0.15) is 0 Å². The lowest BCUT2D eigenvalue weighted by Crippen LogP contribution is -2.55. The predicted octanol–water partition coefficient (Wildman–Crippen LogP) is 15.7. The summed E-state index contributed by atoms with van der Waals surface area (Å²) >= 11 is 0. The van der Waals surface area contributed by atoms with Crippen LogP contribution in [0, 0.1) is 0 Å². The van der Waals surface area contributed by atoms with Gasteiger partial charge in [0.15, 0.2) is 0 Å². The van der Waals surface area contributed by atoms with Crippen molar-refractivity contribution in [3.05, 3.63) is 149 Å². The Morgan fingerprint density at radius 3 is 1.43 bits per heavy atom. The van der Waals surface area contributed by atoms with Gasteiger partial charge in [-0.05, 0) is 142 Å². The molecule has 3 heteroatoms. The van der Waals surface area contributed by atoms with Gasteiger partial charge in [-0.3, -0.25) is 0 Å². The Bertz CT molecular complexity index is 3460. The molecule has 0 unspecified atom stereocenters. The van der Waals surface area contributed by atoms with E-state index >= 15 is 0 Å². The van der Waals surface area contributed by atoms with Gasteiger partial charge in [0.1, 0.15) is 0 Å². The van der Waals surface area contributed by atoms with E-state index < -0.39 is 0 Å². The number of fused-ring (bicyclic) bond motifs is 10. The minimum atomic E-state index is -0.0767. The number of rotatable bonds is 2. The van der Waals surface area contributed by atoms with E-state index in [0.29, 0.717) is 0 Å². The molecule has 0 aliphatic carbocycles. The molecular formula is C62H65BN2. The molecule has 0 bridgehead atoms. The fraction of sp³-hybridized carbons (Fsp3) is 0.323. The molecule has 0 saturated carbocycles. The van der Waals surface area contributed by atoms with Crippen LogP contribution in [0.15, 0.2) is 121 Å². The van der Waals surface area contributed by atoms with Crippen LogP contribution in [0.1, 0.15) is 132 Å². The largest absolute Gasteiger partial charge is 0.375 e. The van der Waals surface area contributed by atoms with E-state index in [1.807, 2.05) is 0 Å². The standard InChI is InChI=1S/C62H65BN2/c1-58(2,3)38-23-21-36(22-24-38)43-35-52-55-54(53(43)37-19-17-16-18-20-37)48-33-41(61(10,11)12)31-46-45-30-40(60(7,8)9)26-28-51(45)65(56(46)48)63(55)49-34-42(62(13,14)15)32-47-44-29-39(59(4,5)6)25-27-50(44)64(52)57(47)49/h16-35H,1-15H3. The lowest BCUT2D eigenvalue weighted by Gasteiger charge is -2.37. The van der Waals surface area contributed by atoms with Gasteiger partial charge in [0.25, 0.3) is 0 Å². The van der Waals surface area contributed by atoms with E-state index in [-0.39, 0.29) is 33.9 Å². The summed E-state index contributed by atoms with van der Waals surface area (Å²) in [5, 5.41) is 5.38. The number of hydrogen-bond donors (Lipinski definition) is 0. The maximum absolute atomic E-state index is 2.78. The van der Waals surface area contributed by atoms with E-state index in [1.165, 1.54) is 121 Å². The number of benzene rings is 7. The Labute approximate surface area is 387 Å². The molecule has 326 valence electrons. The first-order valence-electron chi connectivity index (χ1n) is 24.0. The highest BCUT2D eigenvalue weighted by molar-refractivity contribution is 6.90. The fourth-order valence-corrected chi connectivity index (χ4v) is 11.2. The third-order valence-electron chi connectivity index (χ3n) is 15.1. The quantitative estimate of drug-likeness (QED) is 0.153. The molecule has 0 spiro atoms. The highest BCUT2D eigenvalue weighted by Gasteiger charge is 2.44. The van der Waals surface area contributed by atoms with Crippen LogP contribution in [0.5, 0.6) is 0 Å². The lowest BCUT2D eigenvalue weighted by molar-refractivity contribution is 0.590. The van der Waals surface area contributed by atoms with Gasteiger partial charge in [0.05, 0.1) is 11.0 Å². The second-order valence-corrected chi connectivity index (χ2v) is 24.8. The first-order valence-corrected chi connectivity index (χ1v) is 24.0. The highest BCUT2D eigenvalue weighted by atomic mass is 15.0. The normalized spacial score (nSPS) is 14.0. The minimum Gasteiger partial charge on any atom is -0.375 e. The van der Waals surface area contributed by atoms with Crippen LogP contribution in [-0.4, -0.2) is 15.9 Å². The smallest absolute Gasteiger partial charge is 0.333 e. The van der Waals surface area contributed by atoms with Crippen molar-refractivity contribution in [1.82, 2.24) is 9.05 Å². The molecule has 0 radical (unpaired) electrons. The predicted molar refractivity (Wildman–Crippen MR) is 284 cm³/mol. The average molecular weight is 849 g/mol. The second kappa shape index (κ2) is 13.4. The van der Waals surface area contributed by atoms with Crippen molar-refractivity contribution < 1.29 is 0 Å². The number of nitrogens with zero attached hydrogens (tertiary/aromatic N) is 2. The molecule has 2 aliphatic rings. The van der Waals surface area contributed by atoms with Crippen molar-refractivity contribution >= 4 is 61.4 Å². The zero-order valence-electron chi connectivity index (χ0n) is 41.5. The number of aromatic nitrogens is 2. The molecular weight excluding hydrogens is 784 g/mol. The van der Waals surface area contributed by atoms with Crippen LogP contribution in [0.3, 0.4) is 0 Å². The first kappa shape index (κ1) is 41.9. The maximum Gasteiger partial charge on any atom is 0.333 e. The van der Waals surface area contributed by atoms with Gasteiger partial charge in [-0.25, -0.2) is 0 Å². The third kappa shape index (κ3) is 6.20. The Kier molecular flexibility index (Phi) is 8.64. The monoisotopic (exact) mass is 849 g/mol. The zero-order chi connectivity index (χ0) is 46.1. The highest BCUT2D eigenvalue weighted by Crippen LogP contribution is 2.51. The van der Waals surface area contributed by atoms with Crippen molar-refractivity contribution in [2.45, 2.75) is 131 Å². The summed E-state index contributed by atoms with van der Waals surface area (Å²) in [5.74, 6) is 0. The minimum absolute atomic E-state index is 0.00615. The summed E-state index contributed by atoms with van der Waals surface area (Å²) < 4.78 is 5.45. The van der Waals surface area contributed by atoms with Crippen LogP contribution in [-0.2, 0) is 27.1 Å². The molecule has 0 N–H and O–H groups in total. The van der Waals surface area contributed by atoms with Gasteiger partial charge in [0.2, 0.25) is 0 Å². The molecule has 0 fully saturated rings. The van der Waals surface area contributed by atoms with Gasteiger partial charge in [-0.1, -0.05) is 177 Å². The molecule has 65 heavy (non-hydrogen) atoms. The summed E-state index contributed by atoms with van der Waals surface area (Å²) in [7, 11) is 0. The van der Waals surface area contributed by atoms with Crippen molar-refractivity contribution in [2.24, 2.45) is 0 Å². The molecule has 0 saturated heterocycles. The number of hydrogen-bond acceptors (Lipinski definition) is 0. The molecule has 4 heterocycles. The maximum atomic E-state index is 2.78. The molecule has 11 rings (SSSR count). The molecule has 9 aromatic rings. The van der Waals surface area contributed by atoms with Gasteiger partial charge in [0, 0.05) is 43.8 Å². The van der Waals surface area contributed by atoms with E-state index in [9.17, 15) is 0 Å². The Hall–Kier alpha value is -5.80. The van der Waals surface area contributed by atoms with Crippen LogP contribution >= 0.6 is 0 Å². The third-order valence-corrected chi connectivity index (χ3v) is 15.1. The summed E-state index contributed by atoms with van der Waals surface area (Å²) in [5.41, 5.74) is 23.8. The summed E-state index contributed by atoms with van der Waals surface area (Å²) in [4.78, 5) is 0. The van der Waals surface area contributed by atoms with Crippen molar-refractivity contribution in [1.29, 1.82) is 0 Å². The summed E-state index contributed by atoms with van der Waals surface area (Å²) in [6, 6.07) is 48.3. The van der Waals surface area contributed by atoms with Crippen molar-refractivity contribution in [3.8, 4) is 39.1 Å². The molecule has 0 atom stereocenters. The molecule has 0 amide bonds. The first-order chi connectivity index (χ1) is 30.4. The Balaban J connectivity index is 1.42. The topological polar surface area (TPSA) is 9.86 Å². The SMILES string of the molecule is CC(C)(C)c1ccc(-c2cc3c4c(c2-c2ccccc2)-c2cc(C(C)(C)C)cc5c6cc(C(C)(C)C)ccc6n(c25)B4c2cc(C(C)(C)C)cc4c5cc(C(C)(C)C)ccc5n-3c24)cc1. The van der Waals surface area contributed by atoms with Gasteiger partial charge < -0.3 is 9.05 Å². The summed E-state index contributed by atoms with van der Waals surface area (Å²) in [6.07, 6.45) is 0. The summed E-state index contributed by atoms with van der Waals surface area (Å²) in [6.45, 7) is 35.3. The van der Waals surface area contributed by atoms with Crippen LogP contribution in [0.25, 0.3) is 82.7 Å². The Morgan fingerprint density at radius 1 is 0.369 bits per heavy atom. The van der Waals surface area contributed by atoms with E-state index in [0.717, 1.165) is 0 Å². The second-order valence-electron chi connectivity index (χ2n) is 24.8. The molecule has 2 aromatic heterocycles. The zero-order valence-corrected chi connectivity index (χ0v) is 41.5. The lowest BCUT2D eigenvalue weighted by atomic mass is 9.44. The molecule has 2 nitrogen and oxygen atoms in total. The van der Waals surface area contributed by atoms with Crippen LogP contribution < -0.4 is 10.9 Å². The van der Waals surface area contributed by atoms with E-state index in [2.05, 4.69) is 234 Å². The van der Waals surface area contributed by atoms with Crippen LogP contribution in [0.4, 0.5) is 0 Å². The van der Waals surface area contributed by atoms with Gasteiger partial charge >= 0.3 is 6.85 Å². The Morgan fingerprint density at radius 2 is 0.862 bits per heavy atom. The molecule has 2 aliphatic heterocycles. The van der Waals surface area contributed by atoms with Crippen LogP contribution in [0.2, 0.25) is 0 Å². The van der Waals surface area contributed by atoms with E-state index in [4.69, 9.17) is 0 Å². The fourth-order valence-electron chi connectivity index (χ4n) is 11.2.